The van der Waals surface area contributed by atoms with Crippen LogP contribution in [0.2, 0.25) is 0 Å². The van der Waals surface area contributed by atoms with E-state index in [4.69, 9.17) is 4.74 Å². The van der Waals surface area contributed by atoms with Crippen molar-refractivity contribution < 1.29 is 19.2 Å². The number of amides is 2. The number of hydrogen-bond acceptors (Lipinski definition) is 5. The summed E-state index contributed by atoms with van der Waals surface area (Å²) in [6.07, 6.45) is 0.0583. The number of ether oxygens (including phenoxy) is 1. The third-order valence-electron chi connectivity index (χ3n) is 4.67. The Kier molecular flexibility index (Phi) is 5.30. The molecule has 0 aliphatic carbocycles. The zero-order chi connectivity index (χ0) is 20.4. The van der Waals surface area contributed by atoms with Crippen molar-refractivity contribution in [2.75, 3.05) is 23.9 Å². The molecule has 1 saturated heterocycles. The van der Waals surface area contributed by atoms with E-state index in [1.165, 1.54) is 25.3 Å². The second-order valence-corrected chi connectivity index (χ2v) is 6.88. The third kappa shape index (κ3) is 3.95. The molecule has 1 unspecified atom stereocenters. The molecule has 8 nitrogen and oxygen atoms in total. The molecule has 0 aromatic heterocycles. The number of benzene rings is 2. The van der Waals surface area contributed by atoms with Gasteiger partial charge in [-0.1, -0.05) is 6.07 Å². The Bertz CT molecular complexity index is 937. The van der Waals surface area contributed by atoms with E-state index in [-0.39, 0.29) is 30.2 Å². The molecule has 0 radical (unpaired) electrons. The first-order chi connectivity index (χ1) is 13.3. The lowest BCUT2D eigenvalue weighted by Gasteiger charge is -2.18. The highest BCUT2D eigenvalue weighted by atomic mass is 16.6. The van der Waals surface area contributed by atoms with Gasteiger partial charge in [0.05, 0.1) is 24.0 Å². The second-order valence-electron chi connectivity index (χ2n) is 6.88. The van der Waals surface area contributed by atoms with Gasteiger partial charge in [0.2, 0.25) is 11.8 Å². The third-order valence-corrected chi connectivity index (χ3v) is 4.67. The Morgan fingerprint density at radius 1 is 1.21 bits per heavy atom. The molecule has 0 saturated carbocycles. The second kappa shape index (κ2) is 7.67. The number of rotatable bonds is 5. The molecule has 2 aromatic carbocycles. The van der Waals surface area contributed by atoms with Gasteiger partial charge in [0.1, 0.15) is 11.4 Å². The zero-order valence-electron chi connectivity index (χ0n) is 15.9. The number of carbonyl (C=O) groups excluding carboxylic acids is 2. The number of nitrogens with zero attached hydrogens (tertiary/aromatic N) is 2. The van der Waals surface area contributed by atoms with Crippen molar-refractivity contribution in [1.82, 2.24) is 0 Å². The summed E-state index contributed by atoms with van der Waals surface area (Å²) in [5.74, 6) is -0.834. The van der Waals surface area contributed by atoms with Crippen LogP contribution in [-0.2, 0) is 9.59 Å². The highest BCUT2D eigenvalue weighted by Crippen LogP contribution is 2.31. The molecule has 1 N–H and O–H groups in total. The van der Waals surface area contributed by atoms with Crippen LogP contribution in [0.3, 0.4) is 0 Å². The van der Waals surface area contributed by atoms with Gasteiger partial charge in [-0.2, -0.15) is 0 Å². The highest BCUT2D eigenvalue weighted by Gasteiger charge is 2.36. The quantitative estimate of drug-likeness (QED) is 0.631. The fourth-order valence-corrected chi connectivity index (χ4v) is 3.37. The van der Waals surface area contributed by atoms with Crippen molar-refractivity contribution in [3.05, 3.63) is 57.6 Å². The topological polar surface area (TPSA) is 102 Å². The normalized spacial score (nSPS) is 16.2. The maximum absolute atomic E-state index is 12.7. The van der Waals surface area contributed by atoms with Gasteiger partial charge in [-0.3, -0.25) is 19.7 Å². The van der Waals surface area contributed by atoms with Crippen LogP contribution >= 0.6 is 0 Å². The summed E-state index contributed by atoms with van der Waals surface area (Å²) in [7, 11) is 1.41. The molecule has 146 valence electrons. The van der Waals surface area contributed by atoms with Crippen molar-refractivity contribution >= 4 is 28.9 Å². The van der Waals surface area contributed by atoms with E-state index < -0.39 is 16.7 Å². The van der Waals surface area contributed by atoms with Crippen molar-refractivity contribution in [2.45, 2.75) is 20.3 Å². The van der Waals surface area contributed by atoms with E-state index in [2.05, 4.69) is 5.32 Å². The van der Waals surface area contributed by atoms with Gasteiger partial charge in [-0.25, -0.2) is 0 Å². The van der Waals surface area contributed by atoms with E-state index in [9.17, 15) is 19.7 Å². The van der Waals surface area contributed by atoms with Gasteiger partial charge in [-0.05, 0) is 49.2 Å². The lowest BCUT2D eigenvalue weighted by Crippen LogP contribution is -2.28. The van der Waals surface area contributed by atoms with Crippen LogP contribution < -0.4 is 15.0 Å². The maximum Gasteiger partial charge on any atom is 0.296 e. The zero-order valence-corrected chi connectivity index (χ0v) is 15.9. The summed E-state index contributed by atoms with van der Waals surface area (Å²) in [5.41, 5.74) is 2.64. The van der Waals surface area contributed by atoms with Crippen molar-refractivity contribution in [2.24, 2.45) is 5.92 Å². The predicted molar refractivity (Wildman–Crippen MR) is 105 cm³/mol. The number of hydrogen-bond donors (Lipinski definition) is 1. The molecule has 0 bridgehead atoms. The molecule has 1 aliphatic heterocycles. The number of anilines is 2. The molecule has 1 heterocycles. The number of carbonyl (C=O) groups is 2. The van der Waals surface area contributed by atoms with Gasteiger partial charge in [0.25, 0.3) is 5.69 Å². The molecule has 1 fully saturated rings. The minimum atomic E-state index is -0.588. The van der Waals surface area contributed by atoms with Crippen LogP contribution in [0, 0.1) is 29.9 Å². The fraction of sp³-hybridized carbons (Fsp3) is 0.300. The van der Waals surface area contributed by atoms with E-state index in [0.29, 0.717) is 5.75 Å². The Balaban J connectivity index is 1.77. The van der Waals surface area contributed by atoms with Crippen molar-refractivity contribution in [3.8, 4) is 5.75 Å². The number of aryl methyl sites for hydroxylation is 2. The van der Waals surface area contributed by atoms with Gasteiger partial charge >= 0.3 is 0 Å². The minimum absolute atomic E-state index is 0.0583. The largest absolute Gasteiger partial charge is 0.496 e. The van der Waals surface area contributed by atoms with Crippen molar-refractivity contribution in [1.29, 1.82) is 0 Å². The Morgan fingerprint density at radius 3 is 2.50 bits per heavy atom. The lowest BCUT2D eigenvalue weighted by atomic mass is 10.1. The van der Waals surface area contributed by atoms with Crippen LogP contribution in [-0.4, -0.2) is 30.4 Å². The Morgan fingerprint density at radius 2 is 1.89 bits per heavy atom. The minimum Gasteiger partial charge on any atom is -0.496 e. The number of methoxy groups -OCH3 is 1. The molecule has 8 heteroatoms. The van der Waals surface area contributed by atoms with Gasteiger partial charge < -0.3 is 15.0 Å². The van der Waals surface area contributed by atoms with Crippen LogP contribution in [0.4, 0.5) is 17.1 Å². The first kappa shape index (κ1) is 19.3. The first-order valence-electron chi connectivity index (χ1n) is 8.80. The Labute approximate surface area is 162 Å². The molecule has 1 aliphatic rings. The smallest absolute Gasteiger partial charge is 0.296 e. The van der Waals surface area contributed by atoms with Gasteiger partial charge in [0, 0.05) is 18.7 Å². The summed E-state index contributed by atoms with van der Waals surface area (Å²) < 4.78 is 4.99. The predicted octanol–water partition coefficient (Wildman–Crippen LogP) is 3.21. The van der Waals surface area contributed by atoms with E-state index in [0.717, 1.165) is 16.8 Å². The molecule has 0 spiro atoms. The SMILES string of the molecule is COc1ccc(NC(=O)C2CC(=O)N(c3cc(C)cc(C)c3)C2)c([N+](=O)[O-])c1. The molecular weight excluding hydrogens is 362 g/mol. The monoisotopic (exact) mass is 383 g/mol. The van der Waals surface area contributed by atoms with E-state index >= 15 is 0 Å². The van der Waals surface area contributed by atoms with Gasteiger partial charge in [0.15, 0.2) is 0 Å². The summed E-state index contributed by atoms with van der Waals surface area (Å²) in [6, 6.07) is 10.0. The fourth-order valence-electron chi connectivity index (χ4n) is 3.37. The average Bonchev–Trinajstić information content (AvgIpc) is 3.03. The highest BCUT2D eigenvalue weighted by molar-refractivity contribution is 6.04. The standard InChI is InChI=1S/C20H21N3O5/c1-12-6-13(2)8-15(7-12)22-11-14(9-19(22)24)20(25)21-17-5-4-16(28-3)10-18(17)23(26)27/h4-8,10,14H,9,11H2,1-3H3,(H,21,25). The number of nitro groups is 1. The van der Waals surface area contributed by atoms with Crippen molar-refractivity contribution in [3.63, 3.8) is 0 Å². The summed E-state index contributed by atoms with van der Waals surface area (Å²) in [5, 5.41) is 13.9. The number of nitro benzene ring substituents is 1. The maximum atomic E-state index is 12.7. The molecule has 28 heavy (non-hydrogen) atoms. The Hall–Kier alpha value is -3.42. The van der Waals surface area contributed by atoms with Gasteiger partial charge in [-0.15, -0.1) is 0 Å². The van der Waals surface area contributed by atoms with Crippen LogP contribution in [0.1, 0.15) is 17.5 Å². The average molecular weight is 383 g/mol. The van der Waals surface area contributed by atoms with Crippen LogP contribution in [0.15, 0.2) is 36.4 Å². The summed E-state index contributed by atoms with van der Waals surface area (Å²) in [4.78, 5) is 37.4. The summed E-state index contributed by atoms with van der Waals surface area (Å²) in [6.45, 7) is 4.13. The summed E-state index contributed by atoms with van der Waals surface area (Å²) >= 11 is 0. The molecule has 3 rings (SSSR count). The first-order valence-corrected chi connectivity index (χ1v) is 8.80. The van der Waals surface area contributed by atoms with Crippen LogP contribution in [0.5, 0.6) is 5.75 Å². The molecular formula is C20H21N3O5. The van der Waals surface area contributed by atoms with Crippen LogP contribution in [0.25, 0.3) is 0 Å². The lowest BCUT2D eigenvalue weighted by molar-refractivity contribution is -0.384. The number of nitrogens with one attached hydrogen (secondary N) is 1. The van der Waals surface area contributed by atoms with E-state index in [1.807, 2.05) is 32.0 Å². The van der Waals surface area contributed by atoms with E-state index in [1.54, 1.807) is 4.90 Å². The molecule has 2 aromatic rings. The molecule has 1 atom stereocenters. The molecule has 2 amide bonds.